The third-order valence-corrected chi connectivity index (χ3v) is 2.59. The lowest BCUT2D eigenvalue weighted by molar-refractivity contribution is -0.870. The molecule has 0 rings (SSSR count). The highest BCUT2D eigenvalue weighted by Gasteiger charge is 2.01. The van der Waals surface area contributed by atoms with E-state index in [2.05, 4.69) is 66.9 Å². The molecular weight excluding hydrogens is 346 g/mol. The van der Waals surface area contributed by atoms with Gasteiger partial charge in [-0.2, -0.15) is 0 Å². The van der Waals surface area contributed by atoms with Crippen LogP contribution in [0, 0.1) is 5.41 Å². The fourth-order valence-corrected chi connectivity index (χ4v) is 1.34. The summed E-state index contributed by atoms with van der Waals surface area (Å²) >= 11 is 0. The van der Waals surface area contributed by atoms with Crippen molar-refractivity contribution < 1.29 is 31.2 Å². The molecule has 0 saturated carbocycles. The topological polar surface area (TPSA) is 113 Å². The first kappa shape index (κ1) is 31.7. The van der Waals surface area contributed by atoms with Gasteiger partial charge >= 0.3 is 0 Å². The minimum Gasteiger partial charge on any atom is -0.859 e. The van der Waals surface area contributed by atoms with Gasteiger partial charge in [-0.1, -0.05) is 26.5 Å². The van der Waals surface area contributed by atoms with Crippen LogP contribution in [0.1, 0.15) is 26.7 Å². The van der Waals surface area contributed by atoms with E-state index in [1.165, 1.54) is 25.9 Å². The van der Waals surface area contributed by atoms with Gasteiger partial charge in [-0.15, -0.1) is 0 Å². The number of nitrogens with zero attached hydrogens (tertiary/aromatic N) is 2. The van der Waals surface area contributed by atoms with E-state index >= 15 is 0 Å². The molecular formula is C16H39N3O5S. The molecule has 0 spiro atoms. The van der Waals surface area contributed by atoms with Crippen LogP contribution in [0.2, 0.25) is 0 Å². The van der Waals surface area contributed by atoms with E-state index < -0.39 is 16.3 Å². The Morgan fingerprint density at radius 1 is 1.04 bits per heavy atom. The lowest BCUT2D eigenvalue weighted by atomic mass is 10.4. The van der Waals surface area contributed by atoms with Gasteiger partial charge in [0.2, 0.25) is 10.4 Å². The lowest BCUT2D eigenvalue weighted by Gasteiger charge is -2.22. The second-order valence-electron chi connectivity index (χ2n) is 7.17. The first-order chi connectivity index (χ1) is 11.0. The van der Waals surface area contributed by atoms with Crippen molar-refractivity contribution in [1.29, 1.82) is 5.41 Å². The van der Waals surface area contributed by atoms with Crippen LogP contribution in [0.4, 0.5) is 0 Å². The Hall–Kier alpha value is -1.00. The third kappa shape index (κ3) is 70.4. The molecule has 0 aromatic heterocycles. The summed E-state index contributed by atoms with van der Waals surface area (Å²) in [5.41, 5.74) is 0. The lowest BCUT2D eigenvalue weighted by Crippen LogP contribution is -2.34. The smallest absolute Gasteiger partial charge is 0.217 e. The molecule has 0 aliphatic heterocycles. The van der Waals surface area contributed by atoms with Gasteiger partial charge in [0.1, 0.15) is 0 Å². The molecule has 0 atom stereocenters. The second-order valence-corrected chi connectivity index (χ2v) is 8.32. The van der Waals surface area contributed by atoms with E-state index in [0.29, 0.717) is 0 Å². The fourth-order valence-electron chi connectivity index (χ4n) is 1.34. The van der Waals surface area contributed by atoms with Crippen molar-refractivity contribution in [2.24, 2.45) is 0 Å². The van der Waals surface area contributed by atoms with E-state index in [1.54, 1.807) is 0 Å². The van der Waals surface area contributed by atoms with Crippen molar-refractivity contribution in [2.75, 3.05) is 62.5 Å². The first-order valence-corrected chi connectivity index (χ1v) is 9.29. The maximum atomic E-state index is 9.36. The summed E-state index contributed by atoms with van der Waals surface area (Å²) in [4.78, 5) is 0. The van der Waals surface area contributed by atoms with E-state index in [4.69, 9.17) is 5.41 Å². The van der Waals surface area contributed by atoms with Crippen LogP contribution >= 0.6 is 0 Å². The van der Waals surface area contributed by atoms with E-state index in [1.807, 2.05) is 0 Å². The van der Waals surface area contributed by atoms with Crippen molar-refractivity contribution >= 4 is 16.3 Å². The Kier molecular flexibility index (Phi) is 20.9. The van der Waals surface area contributed by atoms with Gasteiger partial charge in [-0.25, -0.2) is 8.42 Å². The normalized spacial score (nSPS) is 10.8. The van der Waals surface area contributed by atoms with Crippen LogP contribution in [0.5, 0.6) is 0 Å². The van der Waals surface area contributed by atoms with Crippen molar-refractivity contribution in [3.63, 3.8) is 0 Å². The minimum absolute atomic E-state index is 0.731. The standard InChI is InChI=1S/2C6H16N.C3H5NO.CH4O4S/c2*1-5-6-7(2,3)4;1-2-3(4)5;1-5-6(2,3)4/h2*5-6H2,1-4H3;2H,1H2,(H2,4,5);1H3,(H,2,3,4)/q2*+1;;/p-2. The number of hydrogen-bond donors (Lipinski definition) is 1. The molecule has 0 saturated heterocycles. The van der Waals surface area contributed by atoms with Crippen LogP contribution in [0.25, 0.3) is 0 Å². The van der Waals surface area contributed by atoms with E-state index in [0.717, 1.165) is 22.2 Å². The van der Waals surface area contributed by atoms with Crippen molar-refractivity contribution in [3.05, 3.63) is 12.7 Å². The highest BCUT2D eigenvalue weighted by Crippen LogP contribution is 1.90. The van der Waals surface area contributed by atoms with Gasteiger partial charge in [0.05, 0.1) is 62.5 Å². The predicted molar refractivity (Wildman–Crippen MR) is 101 cm³/mol. The van der Waals surface area contributed by atoms with E-state index in [9.17, 15) is 18.1 Å². The molecule has 0 unspecified atom stereocenters. The molecule has 0 amide bonds. The van der Waals surface area contributed by atoms with Gasteiger partial charge in [0, 0.05) is 0 Å². The average Bonchev–Trinajstić information content (AvgIpc) is 2.37. The Bertz CT molecular complexity index is 408. The molecule has 25 heavy (non-hydrogen) atoms. The predicted octanol–water partition coefficient (Wildman–Crippen LogP) is 0.808. The number of nitrogens with one attached hydrogen (secondary N) is 1. The van der Waals surface area contributed by atoms with Gasteiger partial charge in [0.15, 0.2) is 0 Å². The molecule has 9 heteroatoms. The molecule has 0 fully saturated rings. The molecule has 0 bridgehead atoms. The number of rotatable bonds is 6. The summed E-state index contributed by atoms with van der Waals surface area (Å²) in [6, 6.07) is 0. The van der Waals surface area contributed by atoms with Crippen LogP contribution in [-0.4, -0.2) is 90.3 Å². The largest absolute Gasteiger partial charge is 0.859 e. The maximum Gasteiger partial charge on any atom is 0.217 e. The third-order valence-electron chi connectivity index (χ3n) is 2.18. The first-order valence-electron chi connectivity index (χ1n) is 7.96. The monoisotopic (exact) mass is 385 g/mol. The summed E-state index contributed by atoms with van der Waals surface area (Å²) in [7, 11) is 9.67. The van der Waals surface area contributed by atoms with Gasteiger partial charge in [0.25, 0.3) is 0 Å². The highest BCUT2D eigenvalue weighted by atomic mass is 32.3. The fraction of sp³-hybridized carbons (Fsp3) is 0.812. The molecule has 8 nitrogen and oxygen atoms in total. The molecule has 0 radical (unpaired) electrons. The molecule has 154 valence electrons. The van der Waals surface area contributed by atoms with Gasteiger partial charge in [-0.3, -0.25) is 4.18 Å². The zero-order chi connectivity index (χ0) is 21.3. The molecule has 0 aromatic rings. The minimum atomic E-state index is -4.41. The summed E-state index contributed by atoms with van der Waals surface area (Å²) in [5, 5.41) is 15.4. The summed E-state index contributed by atoms with van der Waals surface area (Å²) in [6.07, 6.45) is 3.51. The van der Waals surface area contributed by atoms with Crippen molar-refractivity contribution in [1.82, 2.24) is 0 Å². The molecule has 0 aliphatic carbocycles. The highest BCUT2D eigenvalue weighted by molar-refractivity contribution is 7.80. The van der Waals surface area contributed by atoms with Crippen LogP contribution in [0.15, 0.2) is 12.7 Å². The maximum absolute atomic E-state index is 9.36. The average molecular weight is 386 g/mol. The molecule has 0 aliphatic rings. The van der Waals surface area contributed by atoms with E-state index in [-0.39, 0.29) is 0 Å². The number of quaternary nitrogens is 2. The summed E-state index contributed by atoms with van der Waals surface area (Å²) in [5.74, 6) is -0.731. The zero-order valence-corrected chi connectivity index (χ0v) is 18.3. The van der Waals surface area contributed by atoms with Crippen LogP contribution in [0.3, 0.4) is 0 Å². The SMILES string of the molecule is C=CC(=N)[O-].CCC[N+](C)(C)C.CCC[N+](C)(C)C.COS(=O)(=O)[O-]. The Labute approximate surface area is 155 Å². The molecule has 1 N–H and O–H groups in total. The summed E-state index contributed by atoms with van der Waals surface area (Å²) in [6.45, 7) is 10.0. The Morgan fingerprint density at radius 2 is 1.24 bits per heavy atom. The van der Waals surface area contributed by atoms with Crippen LogP contribution in [-0.2, 0) is 14.6 Å². The Morgan fingerprint density at radius 3 is 1.24 bits per heavy atom. The second kappa shape index (κ2) is 16.5. The summed E-state index contributed by atoms with van der Waals surface area (Å²) < 4.78 is 33.2. The van der Waals surface area contributed by atoms with Crippen molar-refractivity contribution in [3.8, 4) is 0 Å². The van der Waals surface area contributed by atoms with Gasteiger partial charge < -0.3 is 24.0 Å². The molecule has 0 aromatic carbocycles. The Balaban J connectivity index is -0.000000119. The van der Waals surface area contributed by atoms with Crippen LogP contribution < -0.4 is 5.11 Å². The number of hydrogen-bond acceptors (Lipinski definition) is 6. The zero-order valence-electron chi connectivity index (χ0n) is 17.5. The van der Waals surface area contributed by atoms with Crippen molar-refractivity contribution in [2.45, 2.75) is 26.7 Å². The quantitative estimate of drug-likeness (QED) is 0.239. The van der Waals surface area contributed by atoms with Gasteiger partial charge in [-0.05, 0) is 18.7 Å². The molecule has 0 heterocycles.